The van der Waals surface area contributed by atoms with Gasteiger partial charge in [0.25, 0.3) is 0 Å². The zero-order valence-corrected chi connectivity index (χ0v) is 11.0. The van der Waals surface area contributed by atoms with E-state index in [1.54, 1.807) is 6.07 Å². The van der Waals surface area contributed by atoms with Gasteiger partial charge < -0.3 is 9.84 Å². The molecule has 0 aliphatic carbocycles. The number of anilines is 1. The molecule has 1 N–H and O–H groups in total. The van der Waals surface area contributed by atoms with E-state index in [0.717, 1.165) is 5.39 Å². The van der Waals surface area contributed by atoms with Gasteiger partial charge in [-0.25, -0.2) is 9.97 Å². The number of nitrogens with zero attached hydrogens (tertiary/aromatic N) is 3. The predicted molar refractivity (Wildman–Crippen MR) is 73.4 cm³/mol. The maximum Gasteiger partial charge on any atom is 0.231 e. The van der Waals surface area contributed by atoms with Crippen molar-refractivity contribution < 1.29 is 9.32 Å². The lowest BCUT2D eigenvalue weighted by Crippen LogP contribution is -2.15. The van der Waals surface area contributed by atoms with E-state index in [9.17, 15) is 4.79 Å². The Labute approximate surface area is 118 Å². The summed E-state index contributed by atoms with van der Waals surface area (Å²) in [6.45, 7) is 0. The van der Waals surface area contributed by atoms with Crippen LogP contribution in [0.3, 0.4) is 0 Å². The Morgan fingerprint density at radius 3 is 3.00 bits per heavy atom. The number of hydrogen-bond donors (Lipinski definition) is 1. The Morgan fingerprint density at radius 1 is 1.30 bits per heavy atom. The molecule has 0 bridgehead atoms. The number of halogens is 1. The molecule has 0 unspecified atom stereocenters. The van der Waals surface area contributed by atoms with E-state index in [-0.39, 0.29) is 17.5 Å². The lowest BCUT2D eigenvalue weighted by atomic mass is 10.1. The molecule has 0 radical (unpaired) electrons. The van der Waals surface area contributed by atoms with Crippen LogP contribution in [-0.2, 0) is 11.2 Å². The minimum atomic E-state index is -0.251. The van der Waals surface area contributed by atoms with Gasteiger partial charge in [-0.3, -0.25) is 4.79 Å². The molecule has 0 fully saturated rings. The average Bonchev–Trinajstić information content (AvgIpc) is 2.82. The smallest absolute Gasteiger partial charge is 0.231 e. The monoisotopic (exact) mass is 288 g/mol. The van der Waals surface area contributed by atoms with Crippen molar-refractivity contribution in [3.63, 3.8) is 0 Å². The Kier molecular flexibility index (Phi) is 3.30. The summed E-state index contributed by atoms with van der Waals surface area (Å²) in [7, 11) is 0. The molecule has 2 heterocycles. The van der Waals surface area contributed by atoms with Gasteiger partial charge in [0.05, 0.1) is 6.42 Å². The van der Waals surface area contributed by atoms with Crippen LogP contribution < -0.4 is 5.32 Å². The SMILES string of the molecule is O=C(Cc1noc2ccccc12)Nc1cc(Cl)ncn1. The normalized spacial score (nSPS) is 10.7. The van der Waals surface area contributed by atoms with Crippen LogP contribution in [0.1, 0.15) is 5.69 Å². The highest BCUT2D eigenvalue weighted by Gasteiger charge is 2.12. The van der Waals surface area contributed by atoms with Crippen LogP contribution >= 0.6 is 11.6 Å². The van der Waals surface area contributed by atoms with Crippen molar-refractivity contribution in [2.75, 3.05) is 5.32 Å². The topological polar surface area (TPSA) is 80.9 Å². The van der Waals surface area contributed by atoms with Crippen LogP contribution in [0.5, 0.6) is 0 Å². The number of carbonyl (C=O) groups excluding carboxylic acids is 1. The number of amides is 1. The van der Waals surface area contributed by atoms with Crippen LogP contribution in [0.25, 0.3) is 11.0 Å². The van der Waals surface area contributed by atoms with Gasteiger partial charge in [-0.1, -0.05) is 28.9 Å². The van der Waals surface area contributed by atoms with Gasteiger partial charge in [0.1, 0.15) is 23.0 Å². The molecule has 1 aromatic carbocycles. The van der Waals surface area contributed by atoms with Crippen molar-refractivity contribution >= 4 is 34.3 Å². The molecule has 7 heteroatoms. The molecule has 0 saturated carbocycles. The highest BCUT2D eigenvalue weighted by atomic mass is 35.5. The lowest BCUT2D eigenvalue weighted by molar-refractivity contribution is -0.115. The number of rotatable bonds is 3. The second-order valence-electron chi connectivity index (χ2n) is 4.08. The average molecular weight is 289 g/mol. The summed E-state index contributed by atoms with van der Waals surface area (Å²) in [6.07, 6.45) is 1.38. The van der Waals surface area contributed by atoms with Crippen LogP contribution in [0.4, 0.5) is 5.82 Å². The maximum atomic E-state index is 11.9. The van der Waals surface area contributed by atoms with Crippen LogP contribution in [0, 0.1) is 0 Å². The van der Waals surface area contributed by atoms with E-state index in [1.165, 1.54) is 12.4 Å². The third-order valence-corrected chi connectivity index (χ3v) is 2.89. The lowest BCUT2D eigenvalue weighted by Gasteiger charge is -2.02. The first-order valence-electron chi connectivity index (χ1n) is 5.83. The summed E-state index contributed by atoms with van der Waals surface area (Å²) in [5.74, 6) is 0.0987. The molecule has 1 amide bonds. The third-order valence-electron chi connectivity index (χ3n) is 2.68. The first-order chi connectivity index (χ1) is 9.72. The molecular formula is C13H9ClN4O2. The van der Waals surface area contributed by atoms with Gasteiger partial charge in [-0.15, -0.1) is 0 Å². The standard InChI is InChI=1S/C13H9ClN4O2/c14-11-6-12(16-7-15-11)17-13(19)5-9-8-3-1-2-4-10(8)20-18-9/h1-4,6-7H,5H2,(H,15,16,17,19). The zero-order valence-electron chi connectivity index (χ0n) is 10.2. The Hall–Kier alpha value is -2.47. The van der Waals surface area contributed by atoms with E-state index in [4.69, 9.17) is 16.1 Å². The van der Waals surface area contributed by atoms with Crippen LogP contribution in [0.2, 0.25) is 5.15 Å². The van der Waals surface area contributed by atoms with Crippen molar-refractivity contribution in [3.8, 4) is 0 Å². The van der Waals surface area contributed by atoms with Gasteiger partial charge in [0, 0.05) is 11.5 Å². The van der Waals surface area contributed by atoms with Crippen molar-refractivity contribution in [1.29, 1.82) is 0 Å². The molecule has 0 aliphatic rings. The number of aromatic nitrogens is 3. The maximum absolute atomic E-state index is 11.9. The minimum absolute atomic E-state index is 0.0959. The molecule has 0 saturated heterocycles. The predicted octanol–water partition coefficient (Wildman–Crippen LogP) is 2.45. The first kappa shape index (κ1) is 12.6. The highest BCUT2D eigenvalue weighted by Crippen LogP contribution is 2.18. The second kappa shape index (κ2) is 5.26. The van der Waals surface area contributed by atoms with Crippen molar-refractivity contribution in [3.05, 3.63) is 47.5 Å². The number of benzene rings is 1. The molecule has 2 aromatic heterocycles. The van der Waals surface area contributed by atoms with Crippen molar-refractivity contribution in [1.82, 2.24) is 15.1 Å². The number of fused-ring (bicyclic) bond motifs is 1. The molecule has 6 nitrogen and oxygen atoms in total. The number of carbonyl (C=O) groups is 1. The van der Waals surface area contributed by atoms with Gasteiger partial charge in [-0.05, 0) is 12.1 Å². The minimum Gasteiger partial charge on any atom is -0.356 e. The van der Waals surface area contributed by atoms with E-state index in [1.807, 2.05) is 18.2 Å². The molecule has 20 heavy (non-hydrogen) atoms. The van der Waals surface area contributed by atoms with Crippen LogP contribution in [0.15, 0.2) is 41.2 Å². The van der Waals surface area contributed by atoms with E-state index in [2.05, 4.69) is 20.4 Å². The van der Waals surface area contributed by atoms with Gasteiger partial charge >= 0.3 is 0 Å². The Bertz CT molecular complexity index is 772. The van der Waals surface area contributed by atoms with Gasteiger partial charge in [0.2, 0.25) is 5.91 Å². The summed E-state index contributed by atoms with van der Waals surface area (Å²) in [6, 6.07) is 8.84. The number of para-hydroxylation sites is 1. The summed E-state index contributed by atoms with van der Waals surface area (Å²) >= 11 is 5.72. The molecule has 0 atom stereocenters. The number of hydrogen-bond acceptors (Lipinski definition) is 5. The largest absolute Gasteiger partial charge is 0.356 e. The van der Waals surface area contributed by atoms with Gasteiger partial charge in [-0.2, -0.15) is 0 Å². The second-order valence-corrected chi connectivity index (χ2v) is 4.46. The van der Waals surface area contributed by atoms with Crippen molar-refractivity contribution in [2.24, 2.45) is 0 Å². The molecular weight excluding hydrogens is 280 g/mol. The molecule has 100 valence electrons. The molecule has 3 rings (SSSR count). The van der Waals surface area contributed by atoms with E-state index >= 15 is 0 Å². The fourth-order valence-corrected chi connectivity index (χ4v) is 1.95. The Morgan fingerprint density at radius 2 is 2.15 bits per heavy atom. The van der Waals surface area contributed by atoms with Gasteiger partial charge in [0.15, 0.2) is 5.58 Å². The fourth-order valence-electron chi connectivity index (χ4n) is 1.81. The highest BCUT2D eigenvalue weighted by molar-refractivity contribution is 6.29. The summed E-state index contributed by atoms with van der Waals surface area (Å²) in [5, 5.41) is 7.62. The fraction of sp³-hybridized carbons (Fsp3) is 0.0769. The van der Waals surface area contributed by atoms with E-state index in [0.29, 0.717) is 17.1 Å². The third kappa shape index (κ3) is 2.60. The molecule has 0 spiro atoms. The molecule has 3 aromatic rings. The quantitative estimate of drug-likeness (QED) is 0.749. The Balaban J connectivity index is 1.76. The molecule has 0 aliphatic heterocycles. The zero-order chi connectivity index (χ0) is 13.9. The summed E-state index contributed by atoms with van der Waals surface area (Å²) in [5.41, 5.74) is 1.23. The summed E-state index contributed by atoms with van der Waals surface area (Å²) < 4.78 is 5.14. The van der Waals surface area contributed by atoms with Crippen LogP contribution in [-0.4, -0.2) is 21.0 Å². The van der Waals surface area contributed by atoms with Crippen molar-refractivity contribution in [2.45, 2.75) is 6.42 Å². The number of nitrogens with one attached hydrogen (secondary N) is 1. The first-order valence-corrected chi connectivity index (χ1v) is 6.21. The summed E-state index contributed by atoms with van der Waals surface area (Å²) in [4.78, 5) is 19.6. The van der Waals surface area contributed by atoms with E-state index < -0.39 is 0 Å².